The van der Waals surface area contributed by atoms with Gasteiger partial charge in [-0.25, -0.2) is 8.42 Å². The summed E-state index contributed by atoms with van der Waals surface area (Å²) in [5.74, 6) is -1.39. The van der Waals surface area contributed by atoms with Crippen molar-refractivity contribution in [3.05, 3.63) is 48.5 Å². The molecule has 13 heteroatoms. The van der Waals surface area contributed by atoms with Crippen molar-refractivity contribution in [2.75, 3.05) is 4.72 Å². The van der Waals surface area contributed by atoms with Gasteiger partial charge in [0.25, 0.3) is 10.0 Å². The molecule has 0 saturated heterocycles. The summed E-state index contributed by atoms with van der Waals surface area (Å²) in [7, 11) is -4.33. The zero-order chi connectivity index (χ0) is 21.2. The van der Waals surface area contributed by atoms with Gasteiger partial charge in [0.1, 0.15) is 11.5 Å². The maximum Gasteiger partial charge on any atom is 0.573 e. The lowest BCUT2D eigenvalue weighted by Crippen LogP contribution is -2.33. The third kappa shape index (κ3) is 5.90. The Morgan fingerprint density at radius 3 is 2.00 bits per heavy atom. The topological polar surface area (TPSA) is 64.6 Å². The number of nitrogens with one attached hydrogen (secondary N) is 1. The average molecular weight is 433 g/mol. The molecule has 28 heavy (non-hydrogen) atoms. The highest BCUT2D eigenvalue weighted by Crippen LogP contribution is 2.30. The van der Waals surface area contributed by atoms with Crippen LogP contribution >= 0.6 is 0 Å². The van der Waals surface area contributed by atoms with E-state index in [0.29, 0.717) is 0 Å². The summed E-state index contributed by atoms with van der Waals surface area (Å²) in [6, 6.07) is 6.95. The minimum Gasteiger partial charge on any atom is -0.428 e. The largest absolute Gasteiger partial charge is 0.573 e. The van der Waals surface area contributed by atoms with Gasteiger partial charge < -0.3 is 9.47 Å². The molecule has 0 radical (unpaired) electrons. The van der Waals surface area contributed by atoms with Crippen molar-refractivity contribution < 1.29 is 48.6 Å². The lowest BCUT2D eigenvalue weighted by molar-refractivity contribution is -0.274. The van der Waals surface area contributed by atoms with E-state index in [1.54, 1.807) is 0 Å². The van der Waals surface area contributed by atoms with Crippen LogP contribution in [0, 0.1) is 0 Å². The maximum absolute atomic E-state index is 12.9. The second-order valence-corrected chi connectivity index (χ2v) is 6.80. The van der Waals surface area contributed by atoms with E-state index in [0.717, 1.165) is 48.5 Å². The number of alkyl halides is 7. The standard InChI is InChI=1S/C15H10F7NO4S/c16-13(17)14(18,19)26-11-3-1-2-9(8-11)23-28(24,25)12-6-4-10(5-7-12)27-15(20,21)22/h1-8,13,23H. The number of ether oxygens (including phenoxy) is 2. The summed E-state index contributed by atoms with van der Waals surface area (Å²) < 4.78 is 120. The number of anilines is 1. The van der Waals surface area contributed by atoms with E-state index < -0.39 is 45.3 Å². The van der Waals surface area contributed by atoms with Crippen molar-refractivity contribution in [3.8, 4) is 11.5 Å². The van der Waals surface area contributed by atoms with Crippen LogP contribution in [0.4, 0.5) is 36.4 Å². The van der Waals surface area contributed by atoms with E-state index >= 15 is 0 Å². The Morgan fingerprint density at radius 1 is 0.857 bits per heavy atom. The Hall–Kier alpha value is -2.70. The minimum atomic E-state index is -4.96. The molecule has 2 rings (SSSR count). The van der Waals surface area contributed by atoms with Crippen molar-refractivity contribution in [2.45, 2.75) is 23.8 Å². The lowest BCUT2D eigenvalue weighted by atomic mass is 10.3. The van der Waals surface area contributed by atoms with Crippen molar-refractivity contribution in [1.29, 1.82) is 0 Å². The monoisotopic (exact) mass is 433 g/mol. The van der Waals surface area contributed by atoms with Crippen molar-refractivity contribution in [2.24, 2.45) is 0 Å². The molecule has 0 aliphatic carbocycles. The fourth-order valence-electron chi connectivity index (χ4n) is 1.86. The first kappa shape index (κ1) is 21.6. The first-order chi connectivity index (χ1) is 12.8. The van der Waals surface area contributed by atoms with Crippen molar-refractivity contribution in [1.82, 2.24) is 0 Å². The number of hydrogen-bond donors (Lipinski definition) is 1. The van der Waals surface area contributed by atoms with Crippen LogP contribution in [0.3, 0.4) is 0 Å². The second-order valence-electron chi connectivity index (χ2n) is 5.12. The van der Waals surface area contributed by atoms with Gasteiger partial charge in [0.05, 0.1) is 10.6 Å². The summed E-state index contributed by atoms with van der Waals surface area (Å²) in [4.78, 5) is -0.466. The van der Waals surface area contributed by atoms with Crippen LogP contribution in [0.1, 0.15) is 0 Å². The van der Waals surface area contributed by atoms with Crippen molar-refractivity contribution in [3.63, 3.8) is 0 Å². The molecular weight excluding hydrogens is 423 g/mol. The van der Waals surface area contributed by atoms with Crippen molar-refractivity contribution >= 4 is 15.7 Å². The fourth-order valence-corrected chi connectivity index (χ4v) is 2.91. The first-order valence-corrected chi connectivity index (χ1v) is 8.60. The SMILES string of the molecule is O=S(=O)(Nc1cccc(OC(F)(F)C(F)F)c1)c1ccc(OC(F)(F)F)cc1. The fraction of sp³-hybridized carbons (Fsp3) is 0.200. The number of benzene rings is 2. The van der Waals surface area contributed by atoms with Crippen LogP contribution in [0.25, 0.3) is 0 Å². The van der Waals surface area contributed by atoms with Gasteiger partial charge >= 0.3 is 18.9 Å². The molecule has 0 aliphatic rings. The van der Waals surface area contributed by atoms with E-state index in [1.165, 1.54) is 0 Å². The van der Waals surface area contributed by atoms with Gasteiger partial charge in [-0.3, -0.25) is 4.72 Å². The average Bonchev–Trinajstić information content (AvgIpc) is 2.53. The molecule has 154 valence electrons. The van der Waals surface area contributed by atoms with Crippen LogP contribution in [0.15, 0.2) is 53.4 Å². The Bertz CT molecular complexity index is 915. The highest BCUT2D eigenvalue weighted by Gasteiger charge is 2.44. The number of hydrogen-bond acceptors (Lipinski definition) is 4. The Labute approximate surface area is 153 Å². The predicted octanol–water partition coefficient (Wildman–Crippen LogP) is 4.62. The summed E-state index contributed by atoms with van der Waals surface area (Å²) in [5.41, 5.74) is -0.307. The van der Waals surface area contributed by atoms with E-state index in [9.17, 15) is 39.2 Å². The van der Waals surface area contributed by atoms with E-state index in [4.69, 9.17) is 0 Å². The van der Waals surface area contributed by atoms with Crippen LogP contribution in [-0.2, 0) is 10.0 Å². The zero-order valence-electron chi connectivity index (χ0n) is 13.4. The highest BCUT2D eigenvalue weighted by molar-refractivity contribution is 7.92. The lowest BCUT2D eigenvalue weighted by Gasteiger charge is -2.17. The normalized spacial score (nSPS) is 12.7. The van der Waals surface area contributed by atoms with Gasteiger partial charge in [-0.05, 0) is 36.4 Å². The molecule has 0 aliphatic heterocycles. The van der Waals surface area contributed by atoms with Crippen LogP contribution in [-0.4, -0.2) is 27.3 Å². The molecule has 0 fully saturated rings. The molecule has 1 N–H and O–H groups in total. The molecule has 2 aromatic rings. The number of sulfonamides is 1. The van der Waals surface area contributed by atoms with Gasteiger partial charge in [0, 0.05) is 6.07 Å². The minimum absolute atomic E-state index is 0.307. The van der Waals surface area contributed by atoms with Gasteiger partial charge in [0.15, 0.2) is 0 Å². The van der Waals surface area contributed by atoms with Gasteiger partial charge in [-0.2, -0.15) is 17.6 Å². The molecule has 0 spiro atoms. The molecule has 0 amide bonds. The molecule has 0 atom stereocenters. The smallest absolute Gasteiger partial charge is 0.428 e. The third-order valence-electron chi connectivity index (χ3n) is 2.96. The van der Waals surface area contributed by atoms with Gasteiger partial charge in [0.2, 0.25) is 0 Å². The molecule has 0 heterocycles. The molecule has 0 saturated carbocycles. The second kappa shape index (κ2) is 7.73. The summed E-state index contributed by atoms with van der Waals surface area (Å²) in [5, 5.41) is 0. The molecule has 0 unspecified atom stereocenters. The third-order valence-corrected chi connectivity index (χ3v) is 4.36. The number of rotatable bonds is 7. The van der Waals surface area contributed by atoms with Gasteiger partial charge in [-0.15, -0.1) is 13.2 Å². The molecule has 0 aromatic heterocycles. The molecule has 0 bridgehead atoms. The molecule has 2 aromatic carbocycles. The summed E-state index contributed by atoms with van der Waals surface area (Å²) in [6.07, 6.45) is -13.9. The quantitative estimate of drug-likeness (QED) is 0.648. The van der Waals surface area contributed by atoms with Crippen LogP contribution in [0.5, 0.6) is 11.5 Å². The van der Waals surface area contributed by atoms with Crippen LogP contribution in [0.2, 0.25) is 0 Å². The zero-order valence-corrected chi connectivity index (χ0v) is 14.2. The molecular formula is C15H10F7NO4S. The highest BCUT2D eigenvalue weighted by atomic mass is 32.2. The Kier molecular flexibility index (Phi) is 5.97. The Balaban J connectivity index is 2.17. The van der Waals surface area contributed by atoms with Crippen LogP contribution < -0.4 is 14.2 Å². The summed E-state index contributed by atoms with van der Waals surface area (Å²) in [6.45, 7) is 0. The van der Waals surface area contributed by atoms with E-state index in [-0.39, 0.29) is 5.69 Å². The summed E-state index contributed by atoms with van der Waals surface area (Å²) >= 11 is 0. The Morgan fingerprint density at radius 2 is 1.46 bits per heavy atom. The van der Waals surface area contributed by atoms with E-state index in [1.807, 2.05) is 4.72 Å². The van der Waals surface area contributed by atoms with E-state index in [2.05, 4.69) is 9.47 Å². The maximum atomic E-state index is 12.9. The van der Waals surface area contributed by atoms with Gasteiger partial charge in [-0.1, -0.05) is 6.07 Å². The number of halogens is 7. The first-order valence-electron chi connectivity index (χ1n) is 7.12. The molecule has 5 nitrogen and oxygen atoms in total. The predicted molar refractivity (Wildman–Crippen MR) is 82.0 cm³/mol.